The number of fused-ring (bicyclic) bond motifs is 1. The summed E-state index contributed by atoms with van der Waals surface area (Å²) in [6.07, 6.45) is 2.32. The monoisotopic (exact) mass is 528 g/mol. The first-order valence-corrected chi connectivity index (χ1v) is 12.1. The van der Waals surface area contributed by atoms with E-state index in [4.69, 9.17) is 34.8 Å². The number of ether oxygens (including phenoxy) is 6. The summed E-state index contributed by atoms with van der Waals surface area (Å²) in [5.41, 5.74) is -1.03. The van der Waals surface area contributed by atoms with Crippen molar-refractivity contribution in [2.45, 2.75) is 37.0 Å². The fourth-order valence-electron chi connectivity index (χ4n) is 4.46. The van der Waals surface area contributed by atoms with Gasteiger partial charge >= 0.3 is 23.9 Å². The van der Waals surface area contributed by atoms with E-state index in [-0.39, 0.29) is 12.2 Å². The van der Waals surface area contributed by atoms with Crippen molar-refractivity contribution in [3.8, 4) is 12.3 Å². The van der Waals surface area contributed by atoms with Crippen LogP contribution in [0, 0.1) is 12.3 Å². The number of esters is 3. The molecule has 39 heavy (non-hydrogen) atoms. The highest BCUT2D eigenvalue weighted by Crippen LogP contribution is 2.49. The lowest BCUT2D eigenvalue weighted by Crippen LogP contribution is -2.53. The van der Waals surface area contributed by atoms with Crippen LogP contribution in [0.2, 0.25) is 0 Å². The van der Waals surface area contributed by atoms with Gasteiger partial charge in [-0.3, -0.25) is 14.3 Å². The van der Waals surface area contributed by atoms with Crippen LogP contribution in [0.15, 0.2) is 91.0 Å². The smallest absolute Gasteiger partial charge is 0.361 e. The molecule has 3 aromatic carbocycles. The second kappa shape index (κ2) is 10.7. The van der Waals surface area contributed by atoms with E-state index in [0.29, 0.717) is 11.1 Å². The number of carbonyl (C=O) groups is 3. The minimum absolute atomic E-state index is 0.226. The molecule has 2 saturated heterocycles. The normalized spacial score (nSPS) is 27.1. The molecule has 0 aliphatic carbocycles. The van der Waals surface area contributed by atoms with Crippen LogP contribution < -0.4 is 0 Å². The summed E-state index contributed by atoms with van der Waals surface area (Å²) < 4.78 is 35.1. The van der Waals surface area contributed by atoms with Crippen molar-refractivity contribution >= 4 is 17.9 Å². The first-order chi connectivity index (χ1) is 18.9. The van der Waals surface area contributed by atoms with Gasteiger partial charge in [0.1, 0.15) is 12.7 Å². The van der Waals surface area contributed by atoms with Crippen molar-refractivity contribution in [1.82, 2.24) is 0 Å². The maximum atomic E-state index is 13.2. The molecule has 9 heteroatoms. The largest absolute Gasteiger partial charge is 0.459 e. The molecule has 5 atom stereocenters. The summed E-state index contributed by atoms with van der Waals surface area (Å²) in [4.78, 5) is 37.9. The molecule has 198 valence electrons. The molecule has 3 aromatic rings. The lowest BCUT2D eigenvalue weighted by atomic mass is 9.93. The van der Waals surface area contributed by atoms with Gasteiger partial charge < -0.3 is 18.9 Å². The predicted octanol–water partition coefficient (Wildman–Crippen LogP) is 3.59. The summed E-state index contributed by atoms with van der Waals surface area (Å²) in [6.45, 7) is 0.813. The number of hydrogen-bond acceptors (Lipinski definition) is 9. The molecule has 2 aliphatic rings. The molecule has 5 rings (SSSR count). The fourth-order valence-corrected chi connectivity index (χ4v) is 4.46. The first kappa shape index (κ1) is 26.1. The molecule has 0 amide bonds. The Hall–Kier alpha value is -4.49. The molecule has 0 aromatic heterocycles. The summed E-state index contributed by atoms with van der Waals surface area (Å²) in [5.74, 6) is -1.60. The molecule has 9 nitrogen and oxygen atoms in total. The quantitative estimate of drug-likeness (QED) is 0.258. The van der Waals surface area contributed by atoms with E-state index in [0.717, 1.165) is 0 Å². The second-order valence-corrected chi connectivity index (χ2v) is 8.82. The van der Waals surface area contributed by atoms with E-state index in [2.05, 4.69) is 5.92 Å². The van der Waals surface area contributed by atoms with Gasteiger partial charge in [0.05, 0.1) is 16.7 Å². The summed E-state index contributed by atoms with van der Waals surface area (Å²) >= 11 is 0. The molecule has 2 fully saturated rings. The summed E-state index contributed by atoms with van der Waals surface area (Å²) in [7, 11) is 0. The van der Waals surface area contributed by atoms with Crippen LogP contribution in [0.1, 0.15) is 33.2 Å². The van der Waals surface area contributed by atoms with E-state index in [1.165, 1.54) is 6.92 Å². The van der Waals surface area contributed by atoms with Gasteiger partial charge in [0, 0.05) is 6.92 Å². The van der Waals surface area contributed by atoms with Crippen LogP contribution in [0.5, 0.6) is 0 Å². The standard InChI is InChI=1S/C30H24O9/c1-3-29(38-27(33)22-15-9-5-10-16-22)24(19-34-26(32)21-13-7-4-8-14-21)35-28-25(29)37-30(39-28,36-20(2)31)23-17-11-6-12-18-23/h1,4-18,24-25,28H,19H2,2H3/t24-,25+,28-,29-,30?/m1/s1. The summed E-state index contributed by atoms with van der Waals surface area (Å²) in [6, 6.07) is 25.0. The molecule has 0 bridgehead atoms. The molecule has 0 spiro atoms. The fraction of sp³-hybridized carbons (Fsp3) is 0.233. The van der Waals surface area contributed by atoms with Gasteiger partial charge in [-0.1, -0.05) is 60.5 Å². The molecule has 0 N–H and O–H groups in total. The van der Waals surface area contributed by atoms with Gasteiger partial charge in [-0.05, 0) is 36.4 Å². The lowest BCUT2D eigenvalue weighted by Gasteiger charge is -2.34. The van der Waals surface area contributed by atoms with E-state index in [1.807, 2.05) is 0 Å². The van der Waals surface area contributed by atoms with Gasteiger partial charge in [0.2, 0.25) is 5.60 Å². The third-order valence-electron chi connectivity index (χ3n) is 6.28. The third kappa shape index (κ3) is 5.01. The summed E-state index contributed by atoms with van der Waals surface area (Å²) in [5, 5.41) is 0. The number of hydrogen-bond donors (Lipinski definition) is 0. The van der Waals surface area contributed by atoms with Crippen LogP contribution >= 0.6 is 0 Å². The first-order valence-electron chi connectivity index (χ1n) is 12.1. The van der Waals surface area contributed by atoms with Gasteiger partial charge in [-0.25, -0.2) is 9.59 Å². The van der Waals surface area contributed by atoms with Crippen LogP contribution in [0.25, 0.3) is 0 Å². The van der Waals surface area contributed by atoms with Crippen molar-refractivity contribution in [3.05, 3.63) is 108 Å². The Morgan fingerprint density at radius 2 is 1.38 bits per heavy atom. The van der Waals surface area contributed by atoms with Crippen molar-refractivity contribution in [1.29, 1.82) is 0 Å². The number of carbonyl (C=O) groups excluding carboxylic acids is 3. The highest BCUT2D eigenvalue weighted by molar-refractivity contribution is 5.90. The highest BCUT2D eigenvalue weighted by atomic mass is 17.0. The number of terminal acetylenes is 1. The Morgan fingerprint density at radius 3 is 1.95 bits per heavy atom. The Morgan fingerprint density at radius 1 is 0.821 bits per heavy atom. The molecular weight excluding hydrogens is 504 g/mol. The average molecular weight is 529 g/mol. The topological polar surface area (TPSA) is 107 Å². The predicted molar refractivity (Wildman–Crippen MR) is 135 cm³/mol. The minimum Gasteiger partial charge on any atom is -0.459 e. The molecule has 2 heterocycles. The lowest BCUT2D eigenvalue weighted by molar-refractivity contribution is -0.360. The molecular formula is C30H24O9. The van der Waals surface area contributed by atoms with E-state index in [9.17, 15) is 14.4 Å². The van der Waals surface area contributed by atoms with Gasteiger partial charge in [-0.2, -0.15) is 0 Å². The maximum Gasteiger partial charge on any atom is 0.361 e. The molecule has 0 radical (unpaired) electrons. The van der Waals surface area contributed by atoms with Crippen molar-refractivity contribution in [3.63, 3.8) is 0 Å². The number of benzene rings is 3. The number of rotatable bonds is 7. The van der Waals surface area contributed by atoms with E-state index in [1.54, 1.807) is 91.0 Å². The van der Waals surface area contributed by atoms with Crippen LogP contribution in [0.3, 0.4) is 0 Å². The molecule has 0 saturated carbocycles. The Balaban J connectivity index is 1.48. The highest BCUT2D eigenvalue weighted by Gasteiger charge is 2.69. The van der Waals surface area contributed by atoms with Crippen LogP contribution in [-0.2, 0) is 39.2 Å². The second-order valence-electron chi connectivity index (χ2n) is 8.82. The van der Waals surface area contributed by atoms with Gasteiger partial charge in [-0.15, -0.1) is 6.42 Å². The Bertz CT molecular complexity index is 1390. The zero-order valence-electron chi connectivity index (χ0n) is 20.9. The Kier molecular flexibility index (Phi) is 7.17. The molecule has 1 unspecified atom stereocenters. The van der Waals surface area contributed by atoms with Gasteiger partial charge in [0.15, 0.2) is 12.4 Å². The van der Waals surface area contributed by atoms with Gasteiger partial charge in [0.25, 0.3) is 0 Å². The van der Waals surface area contributed by atoms with Crippen molar-refractivity contribution in [2.24, 2.45) is 0 Å². The van der Waals surface area contributed by atoms with E-state index >= 15 is 0 Å². The zero-order chi connectivity index (χ0) is 27.5. The Labute approximate surface area is 224 Å². The van der Waals surface area contributed by atoms with E-state index < -0.39 is 48.0 Å². The van der Waals surface area contributed by atoms with Crippen molar-refractivity contribution in [2.75, 3.05) is 6.61 Å². The third-order valence-corrected chi connectivity index (χ3v) is 6.28. The average Bonchev–Trinajstić information content (AvgIpc) is 3.46. The minimum atomic E-state index is -2.02. The molecule has 2 aliphatic heterocycles. The maximum absolute atomic E-state index is 13.2. The zero-order valence-corrected chi connectivity index (χ0v) is 20.9. The van der Waals surface area contributed by atoms with Crippen LogP contribution in [-0.4, -0.2) is 48.6 Å². The SMILES string of the molecule is C#C[C@@]1(OC(=O)c2ccccc2)[C@@H](COC(=O)c2ccccc2)O[C@@H]2OC(OC(C)=O)(c3ccccc3)O[C@@H]21. The van der Waals surface area contributed by atoms with Crippen molar-refractivity contribution < 1.29 is 42.8 Å². The van der Waals surface area contributed by atoms with Crippen LogP contribution in [0.4, 0.5) is 0 Å².